The van der Waals surface area contributed by atoms with Crippen LogP contribution in [0.2, 0.25) is 0 Å². The summed E-state index contributed by atoms with van der Waals surface area (Å²) in [7, 11) is 0. The van der Waals surface area contributed by atoms with E-state index < -0.39 is 0 Å². The van der Waals surface area contributed by atoms with E-state index in [-0.39, 0.29) is 0 Å². The summed E-state index contributed by atoms with van der Waals surface area (Å²) >= 11 is 1.80. The molecular weight excluding hydrogens is 689 g/mol. The van der Waals surface area contributed by atoms with Crippen LogP contribution in [-0.2, 0) is 0 Å². The van der Waals surface area contributed by atoms with Gasteiger partial charge in [0.05, 0.1) is 35.2 Å². The Morgan fingerprint density at radius 1 is 0.400 bits per heavy atom. The smallest absolute Gasteiger partial charge is 0.189 e. The molecule has 0 bridgehead atoms. The molecule has 0 N–H and O–H groups in total. The molecule has 4 nitrogen and oxygen atoms in total. The molecule has 11 aromatic rings. The molecule has 0 saturated heterocycles. The molecule has 0 atom stereocenters. The highest BCUT2D eigenvalue weighted by molar-refractivity contribution is 7.26. The van der Waals surface area contributed by atoms with Crippen molar-refractivity contribution < 1.29 is 0 Å². The van der Waals surface area contributed by atoms with Crippen LogP contribution in [0, 0.1) is 13.1 Å². The normalized spacial score (nSPS) is 11.6. The maximum atomic E-state index is 8.11. The second-order valence-corrected chi connectivity index (χ2v) is 15.0. The topological polar surface area (TPSA) is 18.6 Å². The van der Waals surface area contributed by atoms with Gasteiger partial charge in [-0.2, -0.15) is 0 Å². The van der Waals surface area contributed by atoms with Gasteiger partial charge in [-0.15, -0.1) is 11.3 Å². The average Bonchev–Trinajstić information content (AvgIpc) is 3.91. The Kier molecular flexibility index (Phi) is 6.82. The second kappa shape index (κ2) is 12.0. The van der Waals surface area contributed by atoms with E-state index in [4.69, 9.17) is 13.1 Å². The molecule has 11 rings (SSSR count). The first-order valence-corrected chi connectivity index (χ1v) is 19.0. The van der Waals surface area contributed by atoms with E-state index in [9.17, 15) is 0 Å². The Balaban J connectivity index is 1.10. The lowest BCUT2D eigenvalue weighted by Gasteiger charge is -2.15. The van der Waals surface area contributed by atoms with Crippen molar-refractivity contribution in [2.45, 2.75) is 0 Å². The van der Waals surface area contributed by atoms with Crippen molar-refractivity contribution in [1.82, 2.24) is 9.13 Å². The second-order valence-electron chi connectivity index (χ2n) is 13.9. The monoisotopic (exact) mass is 716 g/mol. The van der Waals surface area contributed by atoms with Crippen LogP contribution in [0.5, 0.6) is 0 Å². The fourth-order valence-electron chi connectivity index (χ4n) is 8.57. The Labute approximate surface area is 320 Å². The summed E-state index contributed by atoms with van der Waals surface area (Å²) in [5.74, 6) is 0. The van der Waals surface area contributed by atoms with Crippen LogP contribution in [0.15, 0.2) is 170 Å². The van der Waals surface area contributed by atoms with Gasteiger partial charge in [0.1, 0.15) is 0 Å². The van der Waals surface area contributed by atoms with Gasteiger partial charge in [0.2, 0.25) is 0 Å². The van der Waals surface area contributed by atoms with Gasteiger partial charge in [0.25, 0.3) is 0 Å². The highest BCUT2D eigenvalue weighted by Gasteiger charge is 2.19. The molecule has 0 aliphatic heterocycles. The van der Waals surface area contributed by atoms with Crippen LogP contribution in [0.4, 0.5) is 11.4 Å². The summed E-state index contributed by atoms with van der Waals surface area (Å²) in [4.78, 5) is 7.67. The average molecular weight is 717 g/mol. The van der Waals surface area contributed by atoms with Gasteiger partial charge in [-0.05, 0) is 93.7 Å². The highest BCUT2D eigenvalue weighted by atomic mass is 32.1. The Hall–Kier alpha value is -7.44. The molecule has 0 spiro atoms. The fourth-order valence-corrected chi connectivity index (χ4v) is 9.81. The zero-order valence-electron chi connectivity index (χ0n) is 29.4. The van der Waals surface area contributed by atoms with Crippen LogP contribution in [-0.4, -0.2) is 9.13 Å². The summed E-state index contributed by atoms with van der Waals surface area (Å²) < 4.78 is 7.09. The third-order valence-corrected chi connectivity index (χ3v) is 12.1. The van der Waals surface area contributed by atoms with Gasteiger partial charge < -0.3 is 9.13 Å². The van der Waals surface area contributed by atoms with Crippen molar-refractivity contribution in [3.63, 3.8) is 0 Å². The third kappa shape index (κ3) is 4.68. The predicted molar refractivity (Wildman–Crippen MR) is 231 cm³/mol. The predicted octanol–water partition coefficient (Wildman–Crippen LogP) is 14.7. The van der Waals surface area contributed by atoms with Crippen LogP contribution in [0.1, 0.15) is 0 Å². The van der Waals surface area contributed by atoms with Gasteiger partial charge in [-0.1, -0.05) is 109 Å². The third-order valence-electron chi connectivity index (χ3n) is 10.9. The standard InChI is InChI=1S/C50H28N4S/c1-51-33-22-25-48-43(30-33)41-23-24-47-49(50(41)55-48)42-18-7-10-21-46(42)53(47)35-13-11-12-31(27-35)37-14-3-4-15-38(37)32-26-34(52-2)29-36(28-32)54-44-19-8-5-16-39(44)40-17-6-9-20-45(40)54/h3-30H. The van der Waals surface area contributed by atoms with Crippen molar-refractivity contribution in [3.05, 3.63) is 193 Å². The molecule has 0 aliphatic carbocycles. The molecule has 0 unspecified atom stereocenters. The number of para-hydroxylation sites is 3. The first-order valence-electron chi connectivity index (χ1n) is 18.2. The first-order chi connectivity index (χ1) is 27.2. The lowest BCUT2D eigenvalue weighted by Crippen LogP contribution is -1.96. The van der Waals surface area contributed by atoms with Crippen molar-refractivity contribution in [3.8, 4) is 33.6 Å². The van der Waals surface area contributed by atoms with E-state index in [1.54, 1.807) is 11.3 Å². The minimum atomic E-state index is 0.598. The van der Waals surface area contributed by atoms with Gasteiger partial charge >= 0.3 is 0 Å². The van der Waals surface area contributed by atoms with E-state index in [0.717, 1.165) is 61.1 Å². The molecule has 0 saturated carbocycles. The van der Waals surface area contributed by atoms with Crippen molar-refractivity contribution in [2.24, 2.45) is 0 Å². The zero-order chi connectivity index (χ0) is 36.6. The lowest BCUT2D eigenvalue weighted by molar-refractivity contribution is 1.18. The molecule has 3 aromatic heterocycles. The van der Waals surface area contributed by atoms with Gasteiger partial charge in [0.15, 0.2) is 11.4 Å². The maximum absolute atomic E-state index is 8.11. The minimum absolute atomic E-state index is 0.598. The summed E-state index contributed by atoms with van der Waals surface area (Å²) in [6.07, 6.45) is 0. The summed E-state index contributed by atoms with van der Waals surface area (Å²) in [5.41, 5.74) is 12.1. The number of nitrogens with zero attached hydrogens (tertiary/aromatic N) is 4. The molecule has 8 aromatic carbocycles. The highest BCUT2D eigenvalue weighted by Crippen LogP contribution is 2.45. The Morgan fingerprint density at radius 2 is 1.02 bits per heavy atom. The largest absolute Gasteiger partial charge is 0.310 e. The van der Waals surface area contributed by atoms with Crippen molar-refractivity contribution in [1.29, 1.82) is 0 Å². The number of rotatable bonds is 4. The number of hydrogen-bond donors (Lipinski definition) is 0. The quantitative estimate of drug-likeness (QED) is 0.162. The lowest BCUT2D eigenvalue weighted by atomic mass is 9.93. The summed E-state index contributed by atoms with van der Waals surface area (Å²) in [6, 6.07) is 59.7. The van der Waals surface area contributed by atoms with Gasteiger partial charge in [0, 0.05) is 42.3 Å². The number of aromatic nitrogens is 2. The van der Waals surface area contributed by atoms with Gasteiger partial charge in [-0.3, -0.25) is 0 Å². The maximum Gasteiger partial charge on any atom is 0.189 e. The Bertz CT molecular complexity index is 3420. The molecule has 0 radical (unpaired) electrons. The van der Waals surface area contributed by atoms with E-state index in [0.29, 0.717) is 11.4 Å². The number of hydrogen-bond acceptors (Lipinski definition) is 1. The SMILES string of the molecule is [C-]#[N+]c1cc(-c2ccccc2-c2cccc(-n3c4ccccc4c4c5sc6ccc([N+]#[C-])cc6c5ccc43)c2)cc(-n2c3ccccc3c3ccccc32)c1. The minimum Gasteiger partial charge on any atom is -0.310 e. The molecule has 0 amide bonds. The van der Waals surface area contributed by atoms with Crippen LogP contribution in [0.25, 0.3) is 107 Å². The first kappa shape index (κ1) is 31.1. The molecule has 0 aliphatic rings. The van der Waals surface area contributed by atoms with E-state index in [1.165, 1.54) is 36.3 Å². The number of thiophene rings is 1. The molecule has 3 heterocycles. The number of fused-ring (bicyclic) bond motifs is 10. The summed E-state index contributed by atoms with van der Waals surface area (Å²) in [6.45, 7) is 15.7. The van der Waals surface area contributed by atoms with Crippen molar-refractivity contribution >= 4 is 86.5 Å². The molecular formula is C50H28N4S. The van der Waals surface area contributed by atoms with Crippen LogP contribution >= 0.6 is 11.3 Å². The molecule has 5 heteroatoms. The number of benzene rings is 8. The van der Waals surface area contributed by atoms with E-state index >= 15 is 0 Å². The fraction of sp³-hybridized carbons (Fsp3) is 0. The molecule has 55 heavy (non-hydrogen) atoms. The van der Waals surface area contributed by atoms with Crippen molar-refractivity contribution in [2.75, 3.05) is 0 Å². The molecule has 254 valence electrons. The zero-order valence-corrected chi connectivity index (χ0v) is 30.2. The van der Waals surface area contributed by atoms with Crippen LogP contribution in [0.3, 0.4) is 0 Å². The molecule has 0 fully saturated rings. The Morgan fingerprint density at radius 3 is 1.75 bits per heavy atom. The van der Waals surface area contributed by atoms with Gasteiger partial charge in [-0.25, -0.2) is 9.69 Å². The van der Waals surface area contributed by atoms with E-state index in [1.807, 2.05) is 24.3 Å². The summed E-state index contributed by atoms with van der Waals surface area (Å²) in [5, 5.41) is 7.15. The van der Waals surface area contributed by atoms with E-state index in [2.05, 4.69) is 164 Å². The van der Waals surface area contributed by atoms with Crippen LogP contribution < -0.4 is 0 Å².